The summed E-state index contributed by atoms with van der Waals surface area (Å²) in [5, 5.41) is 16.5. The van der Waals surface area contributed by atoms with Crippen LogP contribution in [0.4, 0.5) is 0 Å². The second-order valence-corrected chi connectivity index (χ2v) is 3.98. The van der Waals surface area contributed by atoms with E-state index in [1.807, 2.05) is 18.2 Å². The standard InChI is InChI=1S/C13H12N4O2/c1-9-12(7-14)15-16-17(9)8-10-3-5-11(6-4-10)13(18)19-2/h3-6H,8H2,1-2H3. The van der Waals surface area contributed by atoms with Gasteiger partial charge in [0.1, 0.15) is 6.07 Å². The molecule has 0 spiro atoms. The van der Waals surface area contributed by atoms with Crippen LogP contribution in [-0.2, 0) is 11.3 Å². The average Bonchev–Trinajstić information content (AvgIpc) is 2.79. The van der Waals surface area contributed by atoms with Gasteiger partial charge in [0.15, 0.2) is 5.69 Å². The molecule has 1 aromatic carbocycles. The van der Waals surface area contributed by atoms with Crippen LogP contribution in [0.15, 0.2) is 24.3 Å². The van der Waals surface area contributed by atoms with Gasteiger partial charge in [-0.05, 0) is 24.6 Å². The molecule has 1 aromatic heterocycles. The van der Waals surface area contributed by atoms with Gasteiger partial charge >= 0.3 is 5.97 Å². The highest BCUT2D eigenvalue weighted by molar-refractivity contribution is 5.89. The largest absolute Gasteiger partial charge is 0.465 e. The van der Waals surface area contributed by atoms with Crippen molar-refractivity contribution in [3.8, 4) is 6.07 Å². The van der Waals surface area contributed by atoms with Crippen molar-refractivity contribution < 1.29 is 9.53 Å². The number of hydrogen-bond donors (Lipinski definition) is 0. The highest BCUT2D eigenvalue weighted by atomic mass is 16.5. The lowest BCUT2D eigenvalue weighted by molar-refractivity contribution is 0.0600. The molecule has 0 N–H and O–H groups in total. The predicted octanol–water partition coefficient (Wildman–Crippen LogP) is 1.29. The van der Waals surface area contributed by atoms with Crippen LogP contribution in [0, 0.1) is 18.3 Å². The topological polar surface area (TPSA) is 80.8 Å². The third kappa shape index (κ3) is 2.60. The summed E-state index contributed by atoms with van der Waals surface area (Å²) >= 11 is 0. The fourth-order valence-corrected chi connectivity index (χ4v) is 1.65. The van der Waals surface area contributed by atoms with Crippen molar-refractivity contribution >= 4 is 5.97 Å². The minimum absolute atomic E-state index is 0.325. The molecule has 0 saturated carbocycles. The van der Waals surface area contributed by atoms with E-state index in [1.54, 1.807) is 23.7 Å². The van der Waals surface area contributed by atoms with Crippen LogP contribution in [0.2, 0.25) is 0 Å². The van der Waals surface area contributed by atoms with Gasteiger partial charge in [0, 0.05) is 0 Å². The first-order valence-electron chi connectivity index (χ1n) is 5.63. The van der Waals surface area contributed by atoms with Crippen molar-refractivity contribution in [1.82, 2.24) is 15.0 Å². The molecule has 0 saturated heterocycles. The van der Waals surface area contributed by atoms with Gasteiger partial charge < -0.3 is 4.74 Å². The molecule has 19 heavy (non-hydrogen) atoms. The quantitative estimate of drug-likeness (QED) is 0.773. The fourth-order valence-electron chi connectivity index (χ4n) is 1.65. The highest BCUT2D eigenvalue weighted by Gasteiger charge is 2.09. The molecule has 96 valence electrons. The lowest BCUT2D eigenvalue weighted by atomic mass is 10.1. The Kier molecular flexibility index (Phi) is 3.57. The third-order valence-corrected chi connectivity index (χ3v) is 2.80. The summed E-state index contributed by atoms with van der Waals surface area (Å²) in [5.74, 6) is -0.366. The number of aromatic nitrogens is 3. The molecule has 0 atom stereocenters. The number of carbonyl (C=O) groups is 1. The molecule has 1 heterocycles. The summed E-state index contributed by atoms with van der Waals surface area (Å²) in [6, 6.07) is 9.00. The summed E-state index contributed by atoms with van der Waals surface area (Å²) in [4.78, 5) is 11.3. The third-order valence-electron chi connectivity index (χ3n) is 2.80. The lowest BCUT2D eigenvalue weighted by Gasteiger charge is -2.04. The van der Waals surface area contributed by atoms with Gasteiger partial charge in [-0.15, -0.1) is 5.10 Å². The molecule has 0 aliphatic carbocycles. The second-order valence-electron chi connectivity index (χ2n) is 3.98. The van der Waals surface area contributed by atoms with Crippen molar-refractivity contribution in [1.29, 1.82) is 5.26 Å². The van der Waals surface area contributed by atoms with E-state index >= 15 is 0 Å². The number of esters is 1. The Balaban J connectivity index is 2.18. The normalized spacial score (nSPS) is 9.95. The number of nitriles is 1. The SMILES string of the molecule is COC(=O)c1ccc(Cn2nnc(C#N)c2C)cc1. The van der Waals surface area contributed by atoms with Crippen LogP contribution in [0.1, 0.15) is 27.3 Å². The maximum atomic E-state index is 11.3. The van der Waals surface area contributed by atoms with Crippen molar-refractivity contribution in [3.05, 3.63) is 46.8 Å². The molecule has 0 bridgehead atoms. The molecule has 6 nitrogen and oxygen atoms in total. The lowest BCUT2D eigenvalue weighted by Crippen LogP contribution is -2.05. The van der Waals surface area contributed by atoms with Crippen molar-refractivity contribution in [3.63, 3.8) is 0 Å². The zero-order valence-electron chi connectivity index (χ0n) is 10.6. The van der Waals surface area contributed by atoms with Crippen molar-refractivity contribution in [2.75, 3.05) is 7.11 Å². The fraction of sp³-hybridized carbons (Fsp3) is 0.231. The van der Waals surface area contributed by atoms with E-state index in [1.165, 1.54) is 7.11 Å². The molecule has 0 fully saturated rings. The Labute approximate surface area is 110 Å². The molecule has 6 heteroatoms. The zero-order valence-corrected chi connectivity index (χ0v) is 10.6. The molecular formula is C13H12N4O2. The number of benzene rings is 1. The molecule has 0 unspecified atom stereocenters. The Hall–Kier alpha value is -2.68. The molecule has 0 aliphatic heterocycles. The van der Waals surface area contributed by atoms with Crippen molar-refractivity contribution in [2.45, 2.75) is 13.5 Å². The summed E-state index contributed by atoms with van der Waals surface area (Å²) in [6.07, 6.45) is 0. The van der Waals surface area contributed by atoms with E-state index in [9.17, 15) is 4.79 Å². The van der Waals surface area contributed by atoms with E-state index in [2.05, 4.69) is 15.0 Å². The minimum atomic E-state index is -0.366. The van der Waals surface area contributed by atoms with Crippen molar-refractivity contribution in [2.24, 2.45) is 0 Å². The number of hydrogen-bond acceptors (Lipinski definition) is 5. The smallest absolute Gasteiger partial charge is 0.337 e. The maximum absolute atomic E-state index is 11.3. The van der Waals surface area contributed by atoms with Crippen LogP contribution in [0.5, 0.6) is 0 Å². The molecule has 2 aromatic rings. The Morgan fingerprint density at radius 2 is 2.11 bits per heavy atom. The molecule has 0 aliphatic rings. The summed E-state index contributed by atoms with van der Waals surface area (Å²) < 4.78 is 6.27. The van der Waals surface area contributed by atoms with Gasteiger partial charge in [-0.2, -0.15) is 5.26 Å². The Morgan fingerprint density at radius 1 is 1.42 bits per heavy atom. The van der Waals surface area contributed by atoms with Gasteiger partial charge in [-0.25, -0.2) is 9.48 Å². The van der Waals surface area contributed by atoms with E-state index < -0.39 is 0 Å². The average molecular weight is 256 g/mol. The predicted molar refractivity (Wildman–Crippen MR) is 66.4 cm³/mol. The summed E-state index contributed by atoms with van der Waals surface area (Å²) in [6.45, 7) is 2.29. The van der Waals surface area contributed by atoms with E-state index in [0.29, 0.717) is 17.8 Å². The maximum Gasteiger partial charge on any atom is 0.337 e. The van der Waals surface area contributed by atoms with E-state index in [0.717, 1.165) is 11.3 Å². The van der Waals surface area contributed by atoms with Gasteiger partial charge in [-0.3, -0.25) is 0 Å². The van der Waals surface area contributed by atoms with Gasteiger partial charge in [0.25, 0.3) is 0 Å². The van der Waals surface area contributed by atoms with Crippen LogP contribution >= 0.6 is 0 Å². The minimum Gasteiger partial charge on any atom is -0.465 e. The number of nitrogens with zero attached hydrogens (tertiary/aromatic N) is 4. The molecule has 0 radical (unpaired) electrons. The van der Waals surface area contributed by atoms with Gasteiger partial charge in [0.2, 0.25) is 0 Å². The Morgan fingerprint density at radius 3 is 2.63 bits per heavy atom. The second kappa shape index (κ2) is 5.31. The van der Waals surface area contributed by atoms with E-state index in [-0.39, 0.29) is 5.97 Å². The number of carbonyl (C=O) groups excluding carboxylic acids is 1. The number of rotatable bonds is 3. The van der Waals surface area contributed by atoms with Crippen LogP contribution < -0.4 is 0 Å². The van der Waals surface area contributed by atoms with Crippen LogP contribution in [-0.4, -0.2) is 28.1 Å². The first kappa shape index (κ1) is 12.8. The van der Waals surface area contributed by atoms with E-state index in [4.69, 9.17) is 5.26 Å². The zero-order chi connectivity index (χ0) is 13.8. The first-order chi connectivity index (χ1) is 9.15. The van der Waals surface area contributed by atoms with Crippen LogP contribution in [0.25, 0.3) is 0 Å². The summed E-state index contributed by atoms with van der Waals surface area (Å²) in [5.41, 5.74) is 2.51. The first-order valence-corrected chi connectivity index (χ1v) is 5.63. The molecular weight excluding hydrogens is 244 g/mol. The number of methoxy groups -OCH3 is 1. The number of ether oxygens (including phenoxy) is 1. The highest BCUT2D eigenvalue weighted by Crippen LogP contribution is 2.09. The Bertz CT molecular complexity index is 638. The molecule has 0 amide bonds. The molecule has 2 rings (SSSR count). The monoisotopic (exact) mass is 256 g/mol. The van der Waals surface area contributed by atoms with Gasteiger partial charge in [0.05, 0.1) is 24.9 Å². The summed E-state index contributed by atoms with van der Waals surface area (Å²) in [7, 11) is 1.35. The van der Waals surface area contributed by atoms with Crippen LogP contribution in [0.3, 0.4) is 0 Å². The van der Waals surface area contributed by atoms with Gasteiger partial charge in [-0.1, -0.05) is 17.3 Å².